The Morgan fingerprint density at radius 2 is 0.773 bits per heavy atom. The minimum atomic E-state index is -2.10. The highest BCUT2D eigenvalue weighted by molar-refractivity contribution is 5.83. The summed E-state index contributed by atoms with van der Waals surface area (Å²) in [6, 6.07) is 0. The van der Waals surface area contributed by atoms with Gasteiger partial charge in [0, 0.05) is 24.3 Å². The van der Waals surface area contributed by atoms with Crippen LogP contribution in [0.1, 0.15) is 135 Å². The molecule has 0 radical (unpaired) electrons. The molecule has 0 unspecified atom stereocenters. The molecule has 2 amide bonds. The van der Waals surface area contributed by atoms with E-state index in [1.165, 1.54) is 0 Å². The van der Waals surface area contributed by atoms with Crippen LogP contribution in [0.2, 0.25) is 0 Å². The van der Waals surface area contributed by atoms with Crippen LogP contribution < -0.4 is 10.6 Å². The number of rotatable bonds is 19. The zero-order valence-corrected chi connectivity index (χ0v) is 30.4. The summed E-state index contributed by atoms with van der Waals surface area (Å²) < 4.78 is 12.1. The maximum atomic E-state index is 12.7. The normalized spacial score (nSPS) is 16.7. The van der Waals surface area contributed by atoms with Gasteiger partial charge in [-0.25, -0.2) is 0 Å². The number of hydrogen-bond donors (Lipinski definition) is 6. The molecule has 0 aliphatic rings. The van der Waals surface area contributed by atoms with Crippen LogP contribution in [0.3, 0.4) is 0 Å². The number of carbonyl (C=O) groups is 2. The van der Waals surface area contributed by atoms with Crippen LogP contribution in [-0.4, -0.2) is 92.2 Å². The number of aliphatic hydroxyl groups is 4. The number of carbonyl (C=O) groups excluding carboxylic acids is 2. The molecule has 0 aliphatic heterocycles. The van der Waals surface area contributed by atoms with Gasteiger partial charge in [0.25, 0.3) is 11.8 Å². The van der Waals surface area contributed by atoms with Crippen LogP contribution in [0.5, 0.6) is 0 Å². The number of hydrogen-bond acceptors (Lipinski definition) is 8. The summed E-state index contributed by atoms with van der Waals surface area (Å²) in [6.45, 7) is 28.9. The third-order valence-electron chi connectivity index (χ3n) is 7.85. The van der Waals surface area contributed by atoms with Crippen LogP contribution in [0.4, 0.5) is 0 Å². The molecule has 0 fully saturated rings. The van der Waals surface area contributed by atoms with Gasteiger partial charge in [0.15, 0.2) is 12.2 Å². The fourth-order valence-electron chi connectivity index (χ4n) is 4.28. The Morgan fingerprint density at radius 1 is 0.500 bits per heavy atom. The second-order valence-corrected chi connectivity index (χ2v) is 17.5. The molecule has 0 aromatic rings. The Kier molecular flexibility index (Phi) is 16.0. The number of ether oxygens (including phenoxy) is 2. The summed E-state index contributed by atoms with van der Waals surface area (Å²) >= 11 is 0. The van der Waals surface area contributed by atoms with E-state index in [1.807, 2.05) is 27.7 Å². The maximum absolute atomic E-state index is 12.7. The average molecular weight is 633 g/mol. The fourth-order valence-corrected chi connectivity index (χ4v) is 4.28. The van der Waals surface area contributed by atoms with Gasteiger partial charge < -0.3 is 40.5 Å². The van der Waals surface area contributed by atoms with Crippen LogP contribution >= 0.6 is 0 Å². The molecular weight excluding hydrogens is 564 g/mol. The van der Waals surface area contributed by atoms with Crippen LogP contribution in [0, 0.1) is 10.8 Å². The van der Waals surface area contributed by atoms with Crippen molar-refractivity contribution in [2.24, 2.45) is 10.8 Å². The highest BCUT2D eigenvalue weighted by Gasteiger charge is 2.40. The van der Waals surface area contributed by atoms with Gasteiger partial charge in [-0.1, -0.05) is 41.5 Å². The minimum absolute atomic E-state index is 0.192. The number of aliphatic hydroxyl groups excluding tert-OH is 4. The van der Waals surface area contributed by atoms with Crippen molar-refractivity contribution in [2.75, 3.05) is 13.2 Å². The largest absolute Gasteiger partial charge is 0.387 e. The highest BCUT2D eigenvalue weighted by atomic mass is 16.5. The molecule has 0 aliphatic carbocycles. The van der Waals surface area contributed by atoms with Gasteiger partial charge >= 0.3 is 0 Å². The summed E-state index contributed by atoms with van der Waals surface area (Å²) in [5.41, 5.74) is -1.89. The van der Waals surface area contributed by atoms with Gasteiger partial charge in [0.2, 0.25) is 0 Å². The molecular formula is C34H68N2O8. The molecule has 10 nitrogen and oxygen atoms in total. The summed E-state index contributed by atoms with van der Waals surface area (Å²) in [6.07, 6.45) is -3.74. The Bertz CT molecular complexity index is 815. The molecule has 0 heterocycles. The van der Waals surface area contributed by atoms with E-state index in [2.05, 4.69) is 52.2 Å². The van der Waals surface area contributed by atoms with Crippen LogP contribution in [0.15, 0.2) is 0 Å². The molecule has 4 atom stereocenters. The molecule has 0 rings (SSSR count). The number of nitrogens with one attached hydrogen (secondary N) is 2. The van der Waals surface area contributed by atoms with Gasteiger partial charge in [-0.2, -0.15) is 0 Å². The summed E-state index contributed by atoms with van der Waals surface area (Å²) in [7, 11) is 0. The molecule has 0 saturated carbocycles. The second kappa shape index (κ2) is 16.5. The second-order valence-electron chi connectivity index (χ2n) is 17.5. The Labute approximate surface area is 268 Å². The predicted octanol–water partition coefficient (Wildman–Crippen LogP) is 4.24. The molecule has 0 aromatic carbocycles. The third kappa shape index (κ3) is 18.6. The van der Waals surface area contributed by atoms with Crippen molar-refractivity contribution in [3.05, 3.63) is 0 Å². The Morgan fingerprint density at radius 3 is 1.02 bits per heavy atom. The van der Waals surface area contributed by atoms with Crippen LogP contribution in [-0.2, 0) is 19.1 Å². The Hall–Kier alpha value is -1.30. The first-order valence-electron chi connectivity index (χ1n) is 16.1. The lowest BCUT2D eigenvalue weighted by Crippen LogP contribution is -2.58. The van der Waals surface area contributed by atoms with Crippen molar-refractivity contribution in [3.63, 3.8) is 0 Å². The lowest BCUT2D eigenvalue weighted by molar-refractivity contribution is -0.157. The van der Waals surface area contributed by atoms with Crippen molar-refractivity contribution in [1.82, 2.24) is 10.6 Å². The van der Waals surface area contributed by atoms with Crippen LogP contribution in [0.25, 0.3) is 0 Å². The SMILES string of the molecule is CC(C)(C)CCC(C)(C)OCCC(C)(C)NC(=O)[C@@H](O)[C@H](O)[C@H](O)[C@@H](O)C(=O)NC(C)(C)CCOC(C)(C)CCC(C)(C)C. The molecule has 0 bridgehead atoms. The van der Waals surface area contributed by atoms with Gasteiger partial charge in [0.05, 0.1) is 11.2 Å². The van der Waals surface area contributed by atoms with Crippen molar-refractivity contribution < 1.29 is 39.5 Å². The lowest BCUT2D eigenvalue weighted by Gasteiger charge is -2.34. The number of amides is 2. The molecule has 0 spiro atoms. The Balaban J connectivity index is 4.91. The standard InChI is InChI=1S/C34H68N2O8/c1-29(2,3)15-17-33(11,12)43-21-19-31(7,8)35-27(41)25(39)23(37)24(38)26(40)28(42)36-32(9,10)20-22-44-34(13,14)18-16-30(4,5)6/h23-26,37-40H,15-22H2,1-14H3,(H,35,41)(H,36,42)/t23-,24+,25+,26-. The molecule has 6 N–H and O–H groups in total. The first-order chi connectivity index (χ1) is 19.5. The maximum Gasteiger partial charge on any atom is 0.252 e. The van der Waals surface area contributed by atoms with Gasteiger partial charge in [-0.15, -0.1) is 0 Å². The van der Waals surface area contributed by atoms with E-state index in [4.69, 9.17) is 9.47 Å². The average Bonchev–Trinajstić information content (AvgIpc) is 2.82. The van der Waals surface area contributed by atoms with E-state index < -0.39 is 47.3 Å². The van der Waals surface area contributed by atoms with E-state index >= 15 is 0 Å². The van der Waals surface area contributed by atoms with E-state index in [0.717, 1.165) is 25.7 Å². The van der Waals surface area contributed by atoms with Gasteiger partial charge in [-0.05, 0) is 105 Å². The third-order valence-corrected chi connectivity index (χ3v) is 7.85. The van der Waals surface area contributed by atoms with Crippen molar-refractivity contribution >= 4 is 11.8 Å². The first kappa shape index (κ1) is 42.7. The van der Waals surface area contributed by atoms with E-state index in [1.54, 1.807) is 27.7 Å². The van der Waals surface area contributed by atoms with E-state index in [-0.39, 0.29) is 22.0 Å². The highest BCUT2D eigenvalue weighted by Crippen LogP contribution is 2.29. The summed E-state index contributed by atoms with van der Waals surface area (Å²) in [5.74, 6) is -1.87. The quantitative estimate of drug-likeness (QED) is 0.123. The van der Waals surface area contributed by atoms with E-state index in [0.29, 0.717) is 26.1 Å². The monoisotopic (exact) mass is 632 g/mol. The molecule has 0 saturated heterocycles. The first-order valence-corrected chi connectivity index (χ1v) is 16.1. The smallest absolute Gasteiger partial charge is 0.252 e. The zero-order chi connectivity index (χ0) is 34.9. The summed E-state index contributed by atoms with van der Waals surface area (Å²) in [5, 5.41) is 47.2. The topological polar surface area (TPSA) is 158 Å². The molecule has 0 aromatic heterocycles. The zero-order valence-electron chi connectivity index (χ0n) is 30.4. The lowest BCUT2D eigenvalue weighted by atomic mass is 9.86. The molecule has 262 valence electrons. The fraction of sp³-hybridized carbons (Fsp3) is 0.941. The van der Waals surface area contributed by atoms with Gasteiger partial charge in [-0.3, -0.25) is 9.59 Å². The van der Waals surface area contributed by atoms with Crippen molar-refractivity contribution in [1.29, 1.82) is 0 Å². The van der Waals surface area contributed by atoms with E-state index in [9.17, 15) is 30.0 Å². The minimum Gasteiger partial charge on any atom is -0.387 e. The predicted molar refractivity (Wildman–Crippen MR) is 175 cm³/mol. The van der Waals surface area contributed by atoms with Crippen molar-refractivity contribution in [3.8, 4) is 0 Å². The molecule has 10 heteroatoms. The van der Waals surface area contributed by atoms with Crippen molar-refractivity contribution in [2.45, 2.75) is 182 Å². The summed E-state index contributed by atoms with van der Waals surface area (Å²) in [4.78, 5) is 25.5. The van der Waals surface area contributed by atoms with Gasteiger partial charge in [0.1, 0.15) is 12.2 Å². The molecule has 44 heavy (non-hydrogen) atoms.